The standard InChI is InChI=1S/C13H16N4O3/c1-9-3-2-4-10(7-9)14-12(13(19)20)11-8-17(5-6-18)16-15-11/h2-4,7-8,12,14,18H,5-6H2,1H3,(H,19,20). The first-order chi connectivity index (χ1) is 9.60. The minimum Gasteiger partial charge on any atom is -0.479 e. The summed E-state index contributed by atoms with van der Waals surface area (Å²) in [4.78, 5) is 11.4. The number of aliphatic carboxylic acids is 1. The van der Waals surface area contributed by atoms with E-state index in [1.165, 1.54) is 10.9 Å². The van der Waals surface area contributed by atoms with Crippen molar-refractivity contribution in [1.82, 2.24) is 15.0 Å². The number of aryl methyl sites for hydroxylation is 1. The number of carbonyl (C=O) groups is 1. The summed E-state index contributed by atoms with van der Waals surface area (Å²) in [6.07, 6.45) is 1.51. The molecule has 0 radical (unpaired) electrons. The molecular weight excluding hydrogens is 260 g/mol. The summed E-state index contributed by atoms with van der Waals surface area (Å²) in [5, 5.41) is 28.6. The summed E-state index contributed by atoms with van der Waals surface area (Å²) in [7, 11) is 0. The topological polar surface area (TPSA) is 100 Å². The molecule has 1 heterocycles. The maximum absolute atomic E-state index is 11.4. The molecule has 3 N–H and O–H groups in total. The Balaban J connectivity index is 2.20. The summed E-state index contributed by atoms with van der Waals surface area (Å²) >= 11 is 0. The van der Waals surface area contributed by atoms with E-state index in [0.29, 0.717) is 11.4 Å². The van der Waals surface area contributed by atoms with Gasteiger partial charge in [0.15, 0.2) is 6.04 Å². The fourth-order valence-electron chi connectivity index (χ4n) is 1.82. The van der Waals surface area contributed by atoms with Crippen LogP contribution in [0.25, 0.3) is 0 Å². The van der Waals surface area contributed by atoms with Crippen LogP contribution in [0.3, 0.4) is 0 Å². The second kappa shape index (κ2) is 6.16. The first-order valence-corrected chi connectivity index (χ1v) is 6.17. The number of aromatic nitrogens is 3. The SMILES string of the molecule is Cc1cccc(NC(C(=O)O)c2cn(CCO)nn2)c1. The van der Waals surface area contributed by atoms with Gasteiger partial charge in [0.2, 0.25) is 0 Å². The number of nitrogens with zero attached hydrogens (tertiary/aromatic N) is 3. The third kappa shape index (κ3) is 3.33. The summed E-state index contributed by atoms with van der Waals surface area (Å²) in [6, 6.07) is 6.44. The Morgan fingerprint density at radius 1 is 1.50 bits per heavy atom. The van der Waals surface area contributed by atoms with E-state index in [1.807, 2.05) is 25.1 Å². The number of anilines is 1. The number of hydrogen-bond acceptors (Lipinski definition) is 5. The van der Waals surface area contributed by atoms with Crippen LogP contribution < -0.4 is 5.32 Å². The molecule has 0 spiro atoms. The number of carboxylic acids is 1. The average Bonchev–Trinajstić information content (AvgIpc) is 2.84. The molecule has 0 aliphatic rings. The fourth-order valence-corrected chi connectivity index (χ4v) is 1.82. The van der Waals surface area contributed by atoms with Crippen molar-refractivity contribution in [3.05, 3.63) is 41.7 Å². The lowest BCUT2D eigenvalue weighted by atomic mass is 10.1. The zero-order valence-corrected chi connectivity index (χ0v) is 11.0. The van der Waals surface area contributed by atoms with Gasteiger partial charge in [-0.2, -0.15) is 0 Å². The highest BCUT2D eigenvalue weighted by atomic mass is 16.4. The van der Waals surface area contributed by atoms with Crippen molar-refractivity contribution >= 4 is 11.7 Å². The predicted molar refractivity (Wildman–Crippen MR) is 72.3 cm³/mol. The lowest BCUT2D eigenvalue weighted by Crippen LogP contribution is -2.21. The molecule has 0 aliphatic heterocycles. The second-order valence-electron chi connectivity index (χ2n) is 4.42. The lowest BCUT2D eigenvalue weighted by molar-refractivity contribution is -0.138. The molecule has 7 nitrogen and oxygen atoms in total. The monoisotopic (exact) mass is 276 g/mol. The molecule has 0 saturated heterocycles. The Hall–Kier alpha value is -2.41. The molecule has 106 valence electrons. The average molecular weight is 276 g/mol. The molecule has 2 rings (SSSR count). The normalized spacial score (nSPS) is 12.1. The van der Waals surface area contributed by atoms with Crippen LogP contribution in [0.1, 0.15) is 17.3 Å². The number of rotatable bonds is 6. The van der Waals surface area contributed by atoms with Gasteiger partial charge in [0.1, 0.15) is 5.69 Å². The van der Waals surface area contributed by atoms with Crippen molar-refractivity contribution in [3.63, 3.8) is 0 Å². The summed E-state index contributed by atoms with van der Waals surface area (Å²) in [6.45, 7) is 2.13. The second-order valence-corrected chi connectivity index (χ2v) is 4.42. The molecule has 1 aromatic carbocycles. The molecule has 0 fully saturated rings. The largest absolute Gasteiger partial charge is 0.479 e. The van der Waals surface area contributed by atoms with Crippen molar-refractivity contribution in [2.24, 2.45) is 0 Å². The van der Waals surface area contributed by atoms with Gasteiger partial charge in [-0.3, -0.25) is 0 Å². The first-order valence-electron chi connectivity index (χ1n) is 6.17. The highest BCUT2D eigenvalue weighted by Gasteiger charge is 2.23. The van der Waals surface area contributed by atoms with Gasteiger partial charge in [0, 0.05) is 5.69 Å². The molecule has 1 aromatic heterocycles. The minimum absolute atomic E-state index is 0.0775. The summed E-state index contributed by atoms with van der Waals surface area (Å²) in [5.41, 5.74) is 2.03. The molecule has 1 atom stereocenters. The van der Waals surface area contributed by atoms with Crippen LogP contribution in [-0.2, 0) is 11.3 Å². The molecule has 2 aromatic rings. The maximum Gasteiger partial charge on any atom is 0.332 e. The third-order valence-corrected chi connectivity index (χ3v) is 2.76. The van der Waals surface area contributed by atoms with E-state index in [9.17, 15) is 9.90 Å². The lowest BCUT2D eigenvalue weighted by Gasteiger charge is -2.13. The Kier molecular flexibility index (Phi) is 4.31. The highest BCUT2D eigenvalue weighted by Crippen LogP contribution is 2.19. The molecule has 0 amide bonds. The van der Waals surface area contributed by atoms with E-state index < -0.39 is 12.0 Å². The van der Waals surface area contributed by atoms with Crippen molar-refractivity contribution < 1.29 is 15.0 Å². The zero-order valence-electron chi connectivity index (χ0n) is 11.0. The zero-order chi connectivity index (χ0) is 14.5. The van der Waals surface area contributed by atoms with Crippen molar-refractivity contribution in [2.75, 3.05) is 11.9 Å². The Labute approximate surface area is 115 Å². The van der Waals surface area contributed by atoms with Crippen molar-refractivity contribution in [3.8, 4) is 0 Å². The van der Waals surface area contributed by atoms with Gasteiger partial charge in [-0.05, 0) is 24.6 Å². The number of benzene rings is 1. The molecule has 0 aliphatic carbocycles. The number of carboxylic acid groups (broad SMARTS) is 1. The van der Waals surface area contributed by atoms with Gasteiger partial charge in [-0.1, -0.05) is 17.3 Å². The van der Waals surface area contributed by atoms with E-state index in [-0.39, 0.29) is 13.2 Å². The predicted octanol–water partition coefficient (Wildman–Crippen LogP) is 0.817. The van der Waals surface area contributed by atoms with E-state index in [1.54, 1.807) is 6.07 Å². The van der Waals surface area contributed by atoms with E-state index in [4.69, 9.17) is 5.11 Å². The van der Waals surface area contributed by atoms with Crippen LogP contribution in [0.4, 0.5) is 5.69 Å². The summed E-state index contributed by atoms with van der Waals surface area (Å²) < 4.78 is 1.41. The number of hydrogen-bond donors (Lipinski definition) is 3. The third-order valence-electron chi connectivity index (χ3n) is 2.76. The Bertz CT molecular complexity index is 597. The molecule has 1 unspecified atom stereocenters. The van der Waals surface area contributed by atoms with Gasteiger partial charge >= 0.3 is 5.97 Å². The highest BCUT2D eigenvalue weighted by molar-refractivity contribution is 5.78. The van der Waals surface area contributed by atoms with Crippen LogP contribution in [0.2, 0.25) is 0 Å². The molecular formula is C13H16N4O3. The molecule has 0 saturated carbocycles. The number of aliphatic hydroxyl groups excluding tert-OH is 1. The molecule has 0 bridgehead atoms. The maximum atomic E-state index is 11.4. The van der Waals surface area contributed by atoms with Crippen molar-refractivity contribution in [2.45, 2.75) is 19.5 Å². The van der Waals surface area contributed by atoms with E-state index in [0.717, 1.165) is 5.56 Å². The van der Waals surface area contributed by atoms with Crippen LogP contribution >= 0.6 is 0 Å². The van der Waals surface area contributed by atoms with Crippen LogP contribution in [0, 0.1) is 6.92 Å². The van der Waals surface area contributed by atoms with Gasteiger partial charge in [0.25, 0.3) is 0 Å². The van der Waals surface area contributed by atoms with E-state index in [2.05, 4.69) is 15.6 Å². The van der Waals surface area contributed by atoms with Crippen LogP contribution in [0.5, 0.6) is 0 Å². The minimum atomic E-state index is -1.04. The Morgan fingerprint density at radius 2 is 2.30 bits per heavy atom. The van der Waals surface area contributed by atoms with E-state index >= 15 is 0 Å². The van der Waals surface area contributed by atoms with Gasteiger partial charge < -0.3 is 15.5 Å². The number of aliphatic hydroxyl groups is 1. The fraction of sp³-hybridized carbons (Fsp3) is 0.308. The van der Waals surface area contributed by atoms with Crippen molar-refractivity contribution in [1.29, 1.82) is 0 Å². The molecule has 7 heteroatoms. The van der Waals surface area contributed by atoms with Gasteiger partial charge in [-0.25, -0.2) is 9.48 Å². The quantitative estimate of drug-likeness (QED) is 0.722. The van der Waals surface area contributed by atoms with Crippen LogP contribution in [0.15, 0.2) is 30.5 Å². The summed E-state index contributed by atoms with van der Waals surface area (Å²) in [5.74, 6) is -1.04. The first kappa shape index (κ1) is 14.0. The van der Waals surface area contributed by atoms with Crippen LogP contribution in [-0.4, -0.2) is 37.8 Å². The smallest absolute Gasteiger partial charge is 0.332 e. The molecule has 20 heavy (non-hydrogen) atoms. The number of nitrogens with one attached hydrogen (secondary N) is 1. The van der Waals surface area contributed by atoms with Gasteiger partial charge in [0.05, 0.1) is 19.3 Å². The Morgan fingerprint density at radius 3 is 2.95 bits per heavy atom. The van der Waals surface area contributed by atoms with Gasteiger partial charge in [-0.15, -0.1) is 5.10 Å².